The molecule has 7 heteroatoms. The molecule has 0 saturated heterocycles. The maximum atomic E-state index is 13.4. The molecule has 1 aromatic heterocycles. The zero-order valence-electron chi connectivity index (χ0n) is 9.95. The zero-order valence-corrected chi connectivity index (χ0v) is 11.5. The Morgan fingerprint density at radius 2 is 2.16 bits per heavy atom. The minimum Gasteiger partial charge on any atom is -0.337 e. The first-order valence-corrected chi connectivity index (χ1v) is 6.12. The van der Waals surface area contributed by atoms with Crippen LogP contribution in [0.5, 0.6) is 0 Å². The van der Waals surface area contributed by atoms with Crippen molar-refractivity contribution in [2.24, 2.45) is 0 Å². The minimum absolute atomic E-state index is 0.0783. The molecule has 1 aromatic carbocycles. The number of amides is 1. The van der Waals surface area contributed by atoms with E-state index in [0.29, 0.717) is 6.54 Å². The summed E-state index contributed by atoms with van der Waals surface area (Å²) >= 11 is 11.5. The normalized spacial score (nSPS) is 10.5. The van der Waals surface area contributed by atoms with Gasteiger partial charge in [-0.25, -0.2) is 4.39 Å². The standard InChI is InChI=1S/C12H10Cl2FN3O/c1-18(6-7-4-16-17-5-7)12(19)8-2-11(15)10(14)3-9(8)13/h2-5H,6H2,1H3,(H,16,17). The summed E-state index contributed by atoms with van der Waals surface area (Å²) in [4.78, 5) is 13.6. The number of carbonyl (C=O) groups excluding carboxylic acids is 1. The fourth-order valence-corrected chi connectivity index (χ4v) is 2.07. The first-order chi connectivity index (χ1) is 8.99. The van der Waals surface area contributed by atoms with Crippen LogP contribution in [0.25, 0.3) is 0 Å². The van der Waals surface area contributed by atoms with Crippen LogP contribution < -0.4 is 0 Å². The number of halogens is 3. The highest BCUT2D eigenvalue weighted by Crippen LogP contribution is 2.25. The smallest absolute Gasteiger partial charge is 0.255 e. The summed E-state index contributed by atoms with van der Waals surface area (Å²) in [6, 6.07) is 2.26. The first-order valence-electron chi connectivity index (χ1n) is 5.36. The lowest BCUT2D eigenvalue weighted by atomic mass is 10.2. The van der Waals surface area contributed by atoms with Gasteiger partial charge in [-0.1, -0.05) is 23.2 Å². The Kier molecular flexibility index (Phi) is 4.07. The van der Waals surface area contributed by atoms with Crippen LogP contribution in [-0.2, 0) is 6.54 Å². The van der Waals surface area contributed by atoms with Gasteiger partial charge in [-0.15, -0.1) is 0 Å². The van der Waals surface area contributed by atoms with E-state index in [4.69, 9.17) is 23.2 Å². The number of rotatable bonds is 3. The van der Waals surface area contributed by atoms with Crippen molar-refractivity contribution in [2.45, 2.75) is 6.54 Å². The van der Waals surface area contributed by atoms with Crippen LogP contribution in [0.2, 0.25) is 10.0 Å². The first kappa shape index (κ1) is 13.8. The Morgan fingerprint density at radius 1 is 1.42 bits per heavy atom. The van der Waals surface area contributed by atoms with E-state index in [2.05, 4.69) is 10.2 Å². The number of nitrogens with one attached hydrogen (secondary N) is 1. The number of H-pyrrole nitrogens is 1. The van der Waals surface area contributed by atoms with E-state index in [1.54, 1.807) is 19.4 Å². The topological polar surface area (TPSA) is 49.0 Å². The maximum Gasteiger partial charge on any atom is 0.255 e. The summed E-state index contributed by atoms with van der Waals surface area (Å²) in [5.74, 6) is -1.06. The third-order valence-corrected chi connectivity index (χ3v) is 3.16. The number of carbonyl (C=O) groups is 1. The quantitative estimate of drug-likeness (QED) is 0.886. The van der Waals surface area contributed by atoms with Gasteiger partial charge in [0.1, 0.15) is 5.82 Å². The van der Waals surface area contributed by atoms with Gasteiger partial charge in [0.15, 0.2) is 0 Å². The average Bonchev–Trinajstić information content (AvgIpc) is 2.85. The molecule has 0 unspecified atom stereocenters. The molecule has 0 fully saturated rings. The van der Waals surface area contributed by atoms with Crippen molar-refractivity contribution in [2.75, 3.05) is 7.05 Å². The van der Waals surface area contributed by atoms with Gasteiger partial charge in [-0.2, -0.15) is 5.10 Å². The van der Waals surface area contributed by atoms with Gasteiger partial charge in [0.25, 0.3) is 5.91 Å². The fourth-order valence-electron chi connectivity index (χ4n) is 1.60. The molecule has 100 valence electrons. The molecule has 0 saturated carbocycles. The van der Waals surface area contributed by atoms with Crippen molar-refractivity contribution in [3.05, 3.63) is 51.5 Å². The molecule has 0 radical (unpaired) electrons. The van der Waals surface area contributed by atoms with Gasteiger partial charge in [-0.05, 0) is 12.1 Å². The van der Waals surface area contributed by atoms with Crippen LogP contribution in [0.1, 0.15) is 15.9 Å². The number of aromatic amines is 1. The van der Waals surface area contributed by atoms with E-state index in [1.807, 2.05) is 0 Å². The zero-order chi connectivity index (χ0) is 14.0. The van der Waals surface area contributed by atoms with Gasteiger partial charge in [0.2, 0.25) is 0 Å². The fraction of sp³-hybridized carbons (Fsp3) is 0.167. The van der Waals surface area contributed by atoms with Gasteiger partial charge in [-0.3, -0.25) is 9.89 Å². The van der Waals surface area contributed by atoms with Crippen molar-refractivity contribution in [3.63, 3.8) is 0 Å². The van der Waals surface area contributed by atoms with E-state index in [-0.39, 0.29) is 21.5 Å². The Morgan fingerprint density at radius 3 is 2.79 bits per heavy atom. The van der Waals surface area contributed by atoms with Crippen LogP contribution in [-0.4, -0.2) is 28.1 Å². The van der Waals surface area contributed by atoms with Crippen LogP contribution >= 0.6 is 23.2 Å². The van der Waals surface area contributed by atoms with Crippen molar-refractivity contribution in [1.82, 2.24) is 15.1 Å². The Hall–Kier alpha value is -1.59. The van der Waals surface area contributed by atoms with E-state index < -0.39 is 5.82 Å². The summed E-state index contributed by atoms with van der Waals surface area (Å²) in [7, 11) is 1.60. The summed E-state index contributed by atoms with van der Waals surface area (Å²) in [5, 5.41) is 6.44. The van der Waals surface area contributed by atoms with E-state index in [0.717, 1.165) is 11.6 Å². The van der Waals surface area contributed by atoms with Crippen molar-refractivity contribution >= 4 is 29.1 Å². The second kappa shape index (κ2) is 5.59. The monoisotopic (exact) mass is 301 g/mol. The molecule has 0 aliphatic carbocycles. The molecule has 1 heterocycles. The third kappa shape index (κ3) is 3.05. The van der Waals surface area contributed by atoms with Gasteiger partial charge in [0, 0.05) is 25.4 Å². The SMILES string of the molecule is CN(Cc1cn[nH]c1)C(=O)c1cc(F)c(Cl)cc1Cl. The van der Waals surface area contributed by atoms with Crippen LogP contribution in [0.4, 0.5) is 4.39 Å². The van der Waals surface area contributed by atoms with Crippen LogP contribution in [0.3, 0.4) is 0 Å². The summed E-state index contributed by atoms with van der Waals surface area (Å²) in [5.41, 5.74) is 0.913. The molecule has 2 aromatic rings. The average molecular weight is 302 g/mol. The predicted octanol–water partition coefficient (Wildman–Crippen LogP) is 3.13. The number of hydrogen-bond acceptors (Lipinski definition) is 2. The number of benzene rings is 1. The second-order valence-electron chi connectivity index (χ2n) is 4.01. The lowest BCUT2D eigenvalue weighted by Gasteiger charge is -2.17. The molecule has 1 amide bonds. The molecular weight excluding hydrogens is 292 g/mol. The largest absolute Gasteiger partial charge is 0.337 e. The molecule has 0 bridgehead atoms. The van der Waals surface area contributed by atoms with Crippen LogP contribution in [0, 0.1) is 5.82 Å². The lowest BCUT2D eigenvalue weighted by Crippen LogP contribution is -2.26. The van der Waals surface area contributed by atoms with Gasteiger partial charge >= 0.3 is 0 Å². The Labute approximate surface area is 119 Å². The molecule has 0 aliphatic heterocycles. The molecule has 1 N–H and O–H groups in total. The van der Waals surface area contributed by atoms with Crippen molar-refractivity contribution in [1.29, 1.82) is 0 Å². The minimum atomic E-state index is -0.675. The Bertz CT molecular complexity index is 601. The van der Waals surface area contributed by atoms with Gasteiger partial charge in [0.05, 0.1) is 21.8 Å². The second-order valence-corrected chi connectivity index (χ2v) is 4.83. The molecular formula is C12H10Cl2FN3O. The van der Waals surface area contributed by atoms with E-state index >= 15 is 0 Å². The predicted molar refractivity (Wildman–Crippen MR) is 70.8 cm³/mol. The molecule has 2 rings (SSSR count). The highest BCUT2D eigenvalue weighted by Gasteiger charge is 2.18. The van der Waals surface area contributed by atoms with E-state index in [1.165, 1.54) is 11.0 Å². The highest BCUT2D eigenvalue weighted by atomic mass is 35.5. The summed E-state index contributed by atoms with van der Waals surface area (Å²) in [6.45, 7) is 0.343. The summed E-state index contributed by atoms with van der Waals surface area (Å²) < 4.78 is 13.4. The molecule has 0 atom stereocenters. The van der Waals surface area contributed by atoms with Crippen LogP contribution in [0.15, 0.2) is 24.5 Å². The molecule has 4 nitrogen and oxygen atoms in total. The van der Waals surface area contributed by atoms with Crippen molar-refractivity contribution < 1.29 is 9.18 Å². The molecule has 0 aliphatic rings. The third-order valence-electron chi connectivity index (χ3n) is 2.56. The van der Waals surface area contributed by atoms with E-state index in [9.17, 15) is 9.18 Å². The Balaban J connectivity index is 2.21. The molecule has 19 heavy (non-hydrogen) atoms. The summed E-state index contributed by atoms with van der Waals surface area (Å²) in [6.07, 6.45) is 3.28. The highest BCUT2D eigenvalue weighted by molar-refractivity contribution is 6.36. The number of hydrogen-bond donors (Lipinski definition) is 1. The lowest BCUT2D eigenvalue weighted by molar-refractivity contribution is 0.0785. The number of aromatic nitrogens is 2. The van der Waals surface area contributed by atoms with Gasteiger partial charge < -0.3 is 4.90 Å². The molecule has 0 spiro atoms. The van der Waals surface area contributed by atoms with Crippen molar-refractivity contribution in [3.8, 4) is 0 Å². The number of nitrogens with zero attached hydrogens (tertiary/aromatic N) is 2. The maximum absolute atomic E-state index is 13.4.